The van der Waals surface area contributed by atoms with E-state index in [0.717, 1.165) is 16.7 Å². The Morgan fingerprint density at radius 1 is 1.00 bits per heavy atom. The maximum Gasteiger partial charge on any atom is 0.330 e. The summed E-state index contributed by atoms with van der Waals surface area (Å²) in [5, 5.41) is 20.8. The summed E-state index contributed by atoms with van der Waals surface area (Å²) in [7, 11) is 3.22. The Morgan fingerprint density at radius 2 is 1.57 bits per heavy atom. The van der Waals surface area contributed by atoms with Crippen LogP contribution in [0.3, 0.4) is 0 Å². The van der Waals surface area contributed by atoms with Crippen molar-refractivity contribution < 1.29 is 24.1 Å². The van der Waals surface area contributed by atoms with Crippen LogP contribution >= 0.6 is 11.8 Å². The summed E-state index contributed by atoms with van der Waals surface area (Å²) < 4.78 is 25.9. The third-order valence-electron chi connectivity index (χ3n) is 8.89. The standard InChI is InChI=1S/C34H36N4O7S/c1-21-18-37(32(41)36-29(21)40)30-27-28(39)33(45-30,19-38(27)31(35)46-4)20-44-34(22-8-6-5-7-9-22,23-10-14-25(42-2)15-11-23)24-12-16-26(43-3)17-13-24/h5-18,27-28,30,35,39H,19-20H2,1-4H3,(H,36,40,41)/t27-,28+,30-,33-/m1/s1. The largest absolute Gasteiger partial charge is 0.497 e. The van der Waals surface area contributed by atoms with E-state index in [-0.39, 0.29) is 18.3 Å². The van der Waals surface area contributed by atoms with Crippen LogP contribution in [0, 0.1) is 12.3 Å². The van der Waals surface area contributed by atoms with Gasteiger partial charge in [-0.2, -0.15) is 0 Å². The van der Waals surface area contributed by atoms with E-state index in [0.29, 0.717) is 17.1 Å². The molecule has 4 atom stereocenters. The van der Waals surface area contributed by atoms with E-state index in [9.17, 15) is 14.7 Å². The number of morpholine rings is 1. The van der Waals surface area contributed by atoms with Crippen molar-refractivity contribution in [1.82, 2.24) is 14.5 Å². The second-order valence-electron chi connectivity index (χ2n) is 11.4. The molecule has 11 nitrogen and oxygen atoms in total. The summed E-state index contributed by atoms with van der Waals surface area (Å²) in [5.41, 5.74) is -0.912. The summed E-state index contributed by atoms with van der Waals surface area (Å²) in [6.07, 6.45) is 1.09. The molecule has 1 aromatic heterocycles. The number of benzene rings is 3. The van der Waals surface area contributed by atoms with Crippen molar-refractivity contribution in [2.45, 2.75) is 36.5 Å². The lowest BCUT2D eigenvalue weighted by atomic mass is 9.79. The number of amidine groups is 1. The van der Waals surface area contributed by atoms with Crippen molar-refractivity contribution in [2.75, 3.05) is 33.6 Å². The SMILES string of the molecule is COc1ccc(C(OC[C@@]23CN(C(=N)SC)[C@@H]([C@H](n4cc(C)c(=O)[nH]c4=O)O2)[C@@H]3O)(c2ccccc2)c2ccc(OC)cc2)cc1. The molecule has 3 N–H and O–H groups in total. The zero-order chi connectivity index (χ0) is 32.6. The molecule has 0 aliphatic carbocycles. The van der Waals surface area contributed by atoms with Crippen molar-refractivity contribution in [3.63, 3.8) is 0 Å². The first-order chi connectivity index (χ1) is 22.2. The minimum absolute atomic E-state index is 0.108. The Labute approximate surface area is 270 Å². The molecule has 2 bridgehead atoms. The number of thioether (sulfide) groups is 1. The fourth-order valence-corrected chi connectivity index (χ4v) is 6.91. The lowest BCUT2D eigenvalue weighted by Gasteiger charge is -2.41. The first kappa shape index (κ1) is 31.6. The highest BCUT2D eigenvalue weighted by molar-refractivity contribution is 8.13. The van der Waals surface area contributed by atoms with E-state index < -0.39 is 40.8 Å². The number of rotatable bonds is 9. The molecule has 2 aliphatic rings. The second kappa shape index (κ2) is 12.4. The lowest BCUT2D eigenvalue weighted by Crippen LogP contribution is -2.52. The van der Waals surface area contributed by atoms with Gasteiger partial charge >= 0.3 is 5.69 Å². The molecule has 0 radical (unpaired) electrons. The maximum absolute atomic E-state index is 13.0. The first-order valence-electron chi connectivity index (χ1n) is 14.7. The Balaban J connectivity index is 1.48. The number of hydrogen-bond donors (Lipinski definition) is 3. The molecule has 240 valence electrons. The quantitative estimate of drug-likeness (QED) is 0.142. The van der Waals surface area contributed by atoms with Crippen molar-refractivity contribution in [2.24, 2.45) is 0 Å². The second-order valence-corrected chi connectivity index (χ2v) is 12.2. The molecule has 2 aliphatic heterocycles. The van der Waals surface area contributed by atoms with E-state index in [1.54, 1.807) is 32.3 Å². The zero-order valence-electron chi connectivity index (χ0n) is 25.9. The van der Waals surface area contributed by atoms with Gasteiger partial charge in [-0.1, -0.05) is 66.4 Å². The molecule has 2 saturated heterocycles. The molecule has 0 spiro atoms. The number of aliphatic hydroxyl groups excluding tert-OH is 1. The topological polar surface area (TPSA) is 139 Å². The highest BCUT2D eigenvalue weighted by atomic mass is 32.2. The first-order valence-corrected chi connectivity index (χ1v) is 16.0. The fraction of sp³-hybridized carbons (Fsp3) is 0.324. The number of aryl methyl sites for hydroxylation is 1. The minimum atomic E-state index is -1.33. The van der Waals surface area contributed by atoms with Crippen molar-refractivity contribution in [3.8, 4) is 11.5 Å². The summed E-state index contributed by atoms with van der Waals surface area (Å²) in [4.78, 5) is 29.2. The number of aromatic amines is 1. The van der Waals surface area contributed by atoms with Gasteiger partial charge in [0.2, 0.25) is 0 Å². The van der Waals surface area contributed by atoms with Crippen molar-refractivity contribution in [1.29, 1.82) is 5.41 Å². The number of fused-ring (bicyclic) bond motifs is 2. The minimum Gasteiger partial charge on any atom is -0.497 e. The highest BCUT2D eigenvalue weighted by Crippen LogP contribution is 2.49. The lowest BCUT2D eigenvalue weighted by molar-refractivity contribution is -0.172. The molecule has 4 aromatic rings. The zero-order valence-corrected chi connectivity index (χ0v) is 26.7. The van der Waals surface area contributed by atoms with E-state index in [1.165, 1.54) is 22.5 Å². The molecule has 12 heteroatoms. The normalized spacial score (nSPS) is 22.2. The van der Waals surface area contributed by atoms with Gasteiger partial charge < -0.3 is 29.0 Å². The van der Waals surface area contributed by atoms with Crippen LogP contribution in [0.15, 0.2) is 94.6 Å². The van der Waals surface area contributed by atoms with Crippen LogP contribution in [-0.2, 0) is 15.1 Å². The molecule has 3 aromatic carbocycles. The van der Waals surface area contributed by atoms with Gasteiger partial charge in [0, 0.05) is 11.8 Å². The van der Waals surface area contributed by atoms with E-state index in [1.807, 2.05) is 78.9 Å². The van der Waals surface area contributed by atoms with E-state index >= 15 is 0 Å². The van der Waals surface area contributed by atoms with E-state index in [2.05, 4.69) is 4.98 Å². The van der Waals surface area contributed by atoms with Crippen LogP contribution in [0.5, 0.6) is 11.5 Å². The number of methoxy groups -OCH3 is 2. The van der Waals surface area contributed by atoms with Gasteiger partial charge in [0.15, 0.2) is 11.4 Å². The number of likely N-dealkylation sites (tertiary alicyclic amines) is 1. The molecular weight excluding hydrogens is 608 g/mol. The van der Waals surface area contributed by atoms with Gasteiger partial charge in [0.25, 0.3) is 5.56 Å². The summed E-state index contributed by atoms with van der Waals surface area (Å²) >= 11 is 1.22. The third-order valence-corrected chi connectivity index (χ3v) is 9.51. The molecule has 0 unspecified atom stereocenters. The van der Waals surface area contributed by atoms with Gasteiger partial charge in [-0.05, 0) is 54.1 Å². The Kier molecular flexibility index (Phi) is 8.55. The van der Waals surface area contributed by atoms with Gasteiger partial charge in [0.1, 0.15) is 34.8 Å². The van der Waals surface area contributed by atoms with Crippen LogP contribution in [0.4, 0.5) is 0 Å². The van der Waals surface area contributed by atoms with Gasteiger partial charge in [-0.15, -0.1) is 0 Å². The highest BCUT2D eigenvalue weighted by Gasteiger charge is 2.65. The third kappa shape index (κ3) is 5.20. The van der Waals surface area contributed by atoms with Gasteiger partial charge in [-0.25, -0.2) is 4.79 Å². The van der Waals surface area contributed by atoms with Crippen LogP contribution in [0.25, 0.3) is 0 Å². The number of nitrogens with one attached hydrogen (secondary N) is 2. The Morgan fingerprint density at radius 3 is 2.11 bits per heavy atom. The number of hydrogen-bond acceptors (Lipinski definition) is 9. The maximum atomic E-state index is 13.0. The number of nitrogens with zero attached hydrogens (tertiary/aromatic N) is 2. The fourth-order valence-electron chi connectivity index (χ4n) is 6.49. The van der Waals surface area contributed by atoms with Crippen molar-refractivity contribution >= 4 is 16.9 Å². The number of H-pyrrole nitrogens is 1. The molecule has 0 amide bonds. The summed E-state index contributed by atoms with van der Waals surface area (Å²) in [5.74, 6) is 1.37. The Bertz CT molecular complexity index is 1780. The smallest absolute Gasteiger partial charge is 0.330 e. The molecule has 2 fully saturated rings. The van der Waals surface area contributed by atoms with Gasteiger partial charge in [0.05, 0.1) is 27.4 Å². The average molecular weight is 645 g/mol. The van der Waals surface area contributed by atoms with Crippen molar-refractivity contribution in [3.05, 3.63) is 128 Å². The summed E-state index contributed by atoms with van der Waals surface area (Å²) in [6.45, 7) is 1.64. The van der Waals surface area contributed by atoms with Gasteiger partial charge in [-0.3, -0.25) is 19.8 Å². The predicted octanol–water partition coefficient (Wildman–Crippen LogP) is 3.48. The molecule has 6 rings (SSSR count). The predicted molar refractivity (Wildman–Crippen MR) is 175 cm³/mol. The molecular formula is C34H36N4O7S. The number of ether oxygens (including phenoxy) is 4. The Hall–Kier alpha value is -4.36. The molecule has 0 saturated carbocycles. The molecule has 3 heterocycles. The monoisotopic (exact) mass is 644 g/mol. The molecule has 46 heavy (non-hydrogen) atoms. The van der Waals surface area contributed by atoms with Crippen LogP contribution in [0.2, 0.25) is 0 Å². The van der Waals surface area contributed by atoms with Crippen LogP contribution in [-0.4, -0.2) is 76.1 Å². The van der Waals surface area contributed by atoms with Crippen LogP contribution < -0.4 is 20.7 Å². The summed E-state index contributed by atoms with van der Waals surface area (Å²) in [6, 6.07) is 24.2. The van der Waals surface area contributed by atoms with E-state index in [4.69, 9.17) is 24.4 Å². The number of aromatic nitrogens is 2. The number of aliphatic hydroxyl groups is 1. The average Bonchev–Trinajstić information content (AvgIpc) is 3.53. The van der Waals surface area contributed by atoms with Crippen LogP contribution in [0.1, 0.15) is 28.5 Å².